The van der Waals surface area contributed by atoms with Crippen molar-refractivity contribution >= 4 is 50.4 Å². The van der Waals surface area contributed by atoms with Crippen LogP contribution in [-0.4, -0.2) is 36.2 Å². The fourth-order valence-corrected chi connectivity index (χ4v) is 5.02. The van der Waals surface area contributed by atoms with E-state index in [0.29, 0.717) is 0 Å². The Morgan fingerprint density at radius 1 is 0.933 bits per heavy atom. The number of methoxy groups -OCH3 is 2. The third kappa shape index (κ3) is 3.93. The van der Waals surface area contributed by atoms with Gasteiger partial charge in [-0.25, -0.2) is 16.8 Å². The Bertz CT molecular complexity index is 1440. The van der Waals surface area contributed by atoms with E-state index in [-0.39, 0.29) is 22.8 Å². The SMILES string of the molecule is COc1ccc(-c2cc(=O)c3c(O)cc(OC)c(S(=O)(=O)Cl)c3o2)cc1S(=O)(=O)Cl. The maximum atomic E-state index is 12.6. The molecule has 0 bridgehead atoms. The van der Waals surface area contributed by atoms with Crippen LogP contribution in [0.25, 0.3) is 22.3 Å². The molecule has 9 nitrogen and oxygen atoms in total. The Labute approximate surface area is 179 Å². The van der Waals surface area contributed by atoms with E-state index in [2.05, 4.69) is 0 Å². The molecule has 0 amide bonds. The van der Waals surface area contributed by atoms with Crippen LogP contribution in [0.2, 0.25) is 0 Å². The minimum atomic E-state index is -4.48. The number of rotatable bonds is 5. The zero-order valence-electron chi connectivity index (χ0n) is 15.2. The number of phenols is 1. The van der Waals surface area contributed by atoms with E-state index in [1.54, 1.807) is 0 Å². The van der Waals surface area contributed by atoms with Gasteiger partial charge in [-0.3, -0.25) is 4.79 Å². The molecule has 0 saturated carbocycles. The molecule has 2 aromatic carbocycles. The summed E-state index contributed by atoms with van der Waals surface area (Å²) in [6.07, 6.45) is 0. The van der Waals surface area contributed by atoms with Crippen LogP contribution in [0.1, 0.15) is 0 Å². The van der Waals surface area contributed by atoms with Gasteiger partial charge in [-0.2, -0.15) is 0 Å². The second kappa shape index (κ2) is 7.65. The number of hydrogen-bond donors (Lipinski definition) is 1. The molecule has 3 rings (SSSR count). The van der Waals surface area contributed by atoms with Gasteiger partial charge in [0.25, 0.3) is 18.1 Å². The molecule has 0 saturated heterocycles. The van der Waals surface area contributed by atoms with Crippen LogP contribution in [-0.2, 0) is 18.1 Å². The smallest absolute Gasteiger partial charge is 0.268 e. The normalized spacial score (nSPS) is 12.1. The second-order valence-corrected chi connectivity index (χ2v) is 10.9. The maximum absolute atomic E-state index is 12.6. The van der Waals surface area contributed by atoms with E-state index in [9.17, 15) is 26.7 Å². The highest BCUT2D eigenvalue weighted by Gasteiger charge is 2.27. The summed E-state index contributed by atoms with van der Waals surface area (Å²) < 4.78 is 63.3. The van der Waals surface area contributed by atoms with Crippen molar-refractivity contribution in [2.75, 3.05) is 14.2 Å². The molecule has 3 aromatic rings. The first-order valence-electron chi connectivity index (χ1n) is 7.84. The number of benzene rings is 2. The highest BCUT2D eigenvalue weighted by atomic mass is 35.7. The molecule has 0 atom stereocenters. The first kappa shape index (κ1) is 22.2. The van der Waals surface area contributed by atoms with Gasteiger partial charge in [-0.15, -0.1) is 0 Å². The van der Waals surface area contributed by atoms with E-state index in [1.165, 1.54) is 19.2 Å². The third-order valence-electron chi connectivity index (χ3n) is 4.08. The van der Waals surface area contributed by atoms with Crippen LogP contribution < -0.4 is 14.9 Å². The molecule has 30 heavy (non-hydrogen) atoms. The fourth-order valence-electron chi connectivity index (χ4n) is 2.82. The minimum absolute atomic E-state index is 0.0553. The average molecular weight is 495 g/mol. The Kier molecular flexibility index (Phi) is 5.67. The number of ether oxygens (including phenoxy) is 2. The summed E-state index contributed by atoms with van der Waals surface area (Å²) in [6, 6.07) is 5.59. The fraction of sp³-hybridized carbons (Fsp3) is 0.118. The van der Waals surface area contributed by atoms with Gasteiger partial charge in [0, 0.05) is 39.1 Å². The molecular formula is C17H12Cl2O9S2. The number of fused-ring (bicyclic) bond motifs is 1. The maximum Gasteiger partial charge on any atom is 0.268 e. The number of phenolic OH excluding ortho intramolecular Hbond substituents is 1. The van der Waals surface area contributed by atoms with Crippen molar-refractivity contribution in [3.05, 3.63) is 40.6 Å². The lowest BCUT2D eigenvalue weighted by molar-refractivity contribution is 0.396. The van der Waals surface area contributed by atoms with Gasteiger partial charge in [0.15, 0.2) is 15.9 Å². The van der Waals surface area contributed by atoms with Gasteiger partial charge >= 0.3 is 0 Å². The van der Waals surface area contributed by atoms with E-state index < -0.39 is 50.0 Å². The van der Waals surface area contributed by atoms with Gasteiger partial charge in [-0.1, -0.05) is 0 Å². The van der Waals surface area contributed by atoms with Gasteiger partial charge in [0.1, 0.15) is 33.3 Å². The van der Waals surface area contributed by atoms with Crippen molar-refractivity contribution in [2.24, 2.45) is 0 Å². The monoisotopic (exact) mass is 494 g/mol. The summed E-state index contributed by atoms with van der Waals surface area (Å²) in [5, 5.41) is 9.70. The summed E-state index contributed by atoms with van der Waals surface area (Å²) in [6.45, 7) is 0. The molecule has 0 unspecified atom stereocenters. The molecule has 13 heteroatoms. The van der Waals surface area contributed by atoms with Crippen molar-refractivity contribution in [1.29, 1.82) is 0 Å². The van der Waals surface area contributed by atoms with Crippen LogP contribution in [0.15, 0.2) is 49.3 Å². The standard InChI is InChI=1S/C17H12Cl2O9S2/c1-26-11-4-3-8(5-14(11)29(18,22)23)12-6-9(20)15-10(21)7-13(27-2)17(16(15)28-12)30(19,24)25/h3-7,21H,1-2H3. The summed E-state index contributed by atoms with van der Waals surface area (Å²) in [4.78, 5) is 11.5. The number of aromatic hydroxyl groups is 1. The van der Waals surface area contributed by atoms with Crippen molar-refractivity contribution in [3.8, 4) is 28.6 Å². The van der Waals surface area contributed by atoms with Crippen molar-refractivity contribution in [3.63, 3.8) is 0 Å². The molecule has 1 aromatic heterocycles. The molecule has 1 N–H and O–H groups in total. The van der Waals surface area contributed by atoms with E-state index >= 15 is 0 Å². The first-order chi connectivity index (χ1) is 13.9. The Morgan fingerprint density at radius 3 is 2.10 bits per heavy atom. The molecule has 160 valence electrons. The number of halogens is 2. The van der Waals surface area contributed by atoms with Gasteiger partial charge in [-0.05, 0) is 18.2 Å². The lowest BCUT2D eigenvalue weighted by Crippen LogP contribution is -2.06. The number of hydrogen-bond acceptors (Lipinski definition) is 9. The topological polar surface area (TPSA) is 137 Å². The summed E-state index contributed by atoms with van der Waals surface area (Å²) in [7, 11) is 4.58. The first-order valence-corrected chi connectivity index (χ1v) is 12.5. The molecule has 0 radical (unpaired) electrons. The van der Waals surface area contributed by atoms with Crippen LogP contribution in [0.4, 0.5) is 0 Å². The average Bonchev–Trinajstić information content (AvgIpc) is 2.64. The van der Waals surface area contributed by atoms with Crippen molar-refractivity contribution in [2.45, 2.75) is 9.79 Å². The van der Waals surface area contributed by atoms with E-state index in [1.807, 2.05) is 0 Å². The highest BCUT2D eigenvalue weighted by Crippen LogP contribution is 2.40. The molecule has 0 spiro atoms. The Balaban J connectivity index is 2.45. The largest absolute Gasteiger partial charge is 0.507 e. The minimum Gasteiger partial charge on any atom is -0.507 e. The zero-order chi connectivity index (χ0) is 22.4. The quantitative estimate of drug-likeness (QED) is 0.530. The predicted octanol–water partition coefficient (Wildman–Crippen LogP) is 3.04. The second-order valence-electron chi connectivity index (χ2n) is 5.85. The predicted molar refractivity (Wildman–Crippen MR) is 109 cm³/mol. The summed E-state index contributed by atoms with van der Waals surface area (Å²) in [5.74, 6) is -1.22. The van der Waals surface area contributed by atoms with E-state index in [0.717, 1.165) is 25.3 Å². The van der Waals surface area contributed by atoms with Crippen LogP contribution in [0.5, 0.6) is 17.2 Å². The summed E-state index contributed by atoms with van der Waals surface area (Å²) in [5.41, 5.74) is -1.30. The van der Waals surface area contributed by atoms with Gasteiger partial charge < -0.3 is 19.0 Å². The van der Waals surface area contributed by atoms with Crippen LogP contribution in [0, 0.1) is 0 Å². The van der Waals surface area contributed by atoms with Crippen molar-refractivity contribution < 1.29 is 35.8 Å². The lowest BCUT2D eigenvalue weighted by atomic mass is 10.1. The molecule has 0 aliphatic rings. The lowest BCUT2D eigenvalue weighted by Gasteiger charge is -2.12. The molecule has 0 aliphatic heterocycles. The molecule has 0 aliphatic carbocycles. The Morgan fingerprint density at radius 2 is 1.57 bits per heavy atom. The van der Waals surface area contributed by atoms with E-state index in [4.69, 9.17) is 35.3 Å². The Hall–Kier alpha value is -2.47. The molecular weight excluding hydrogens is 483 g/mol. The summed E-state index contributed by atoms with van der Waals surface area (Å²) >= 11 is 0. The van der Waals surface area contributed by atoms with Gasteiger partial charge in [0.2, 0.25) is 0 Å². The molecule has 0 fully saturated rings. The van der Waals surface area contributed by atoms with Crippen LogP contribution >= 0.6 is 21.4 Å². The zero-order valence-corrected chi connectivity index (χ0v) is 18.3. The highest BCUT2D eigenvalue weighted by molar-refractivity contribution is 8.14. The van der Waals surface area contributed by atoms with Gasteiger partial charge in [0.05, 0.1) is 14.2 Å². The third-order valence-corrected chi connectivity index (χ3v) is 6.76. The van der Waals surface area contributed by atoms with Crippen molar-refractivity contribution in [1.82, 2.24) is 0 Å². The van der Waals surface area contributed by atoms with Crippen LogP contribution in [0.3, 0.4) is 0 Å². The molecule has 1 heterocycles.